The third-order valence-electron chi connectivity index (χ3n) is 4.65. The lowest BCUT2D eigenvalue weighted by Crippen LogP contribution is -2.40. The molecular formula is C19H26N2O4. The predicted octanol–water partition coefficient (Wildman–Crippen LogP) is 3.30. The predicted molar refractivity (Wildman–Crippen MR) is 95.7 cm³/mol. The van der Waals surface area contributed by atoms with E-state index < -0.39 is 0 Å². The van der Waals surface area contributed by atoms with Gasteiger partial charge in [0.1, 0.15) is 5.76 Å². The number of methoxy groups -OCH3 is 1. The van der Waals surface area contributed by atoms with E-state index in [-0.39, 0.29) is 12.1 Å². The van der Waals surface area contributed by atoms with E-state index >= 15 is 0 Å². The second-order valence-electron chi connectivity index (χ2n) is 6.78. The maximum absolute atomic E-state index is 12.1. The molecule has 1 fully saturated rings. The number of nitrogens with one attached hydrogen (secondary N) is 2. The van der Waals surface area contributed by atoms with Crippen LogP contribution in [-0.4, -0.2) is 32.4 Å². The first-order valence-electron chi connectivity index (χ1n) is 8.77. The van der Waals surface area contributed by atoms with Gasteiger partial charge in [-0.2, -0.15) is 0 Å². The van der Waals surface area contributed by atoms with Crippen molar-refractivity contribution in [1.82, 2.24) is 10.6 Å². The van der Waals surface area contributed by atoms with E-state index in [0.29, 0.717) is 42.0 Å². The molecule has 1 aliphatic heterocycles. The second-order valence-corrected chi connectivity index (χ2v) is 6.78. The van der Waals surface area contributed by atoms with Crippen molar-refractivity contribution >= 4 is 17.0 Å². The number of fused-ring (bicyclic) bond motifs is 1. The van der Waals surface area contributed by atoms with Crippen LogP contribution >= 0.6 is 0 Å². The molecule has 0 unspecified atom stereocenters. The minimum absolute atomic E-state index is 0.193. The van der Waals surface area contributed by atoms with E-state index in [1.807, 2.05) is 24.3 Å². The third-order valence-corrected chi connectivity index (χ3v) is 4.65. The van der Waals surface area contributed by atoms with Crippen LogP contribution in [-0.2, 0) is 11.3 Å². The highest BCUT2D eigenvalue weighted by Crippen LogP contribution is 2.28. The van der Waals surface area contributed by atoms with Crippen LogP contribution in [0.2, 0.25) is 0 Å². The summed E-state index contributed by atoms with van der Waals surface area (Å²) >= 11 is 0. The number of carbonyl (C=O) groups is 1. The van der Waals surface area contributed by atoms with Gasteiger partial charge in [-0.1, -0.05) is 26.0 Å². The normalized spacial score (nSPS) is 20.2. The fourth-order valence-corrected chi connectivity index (χ4v) is 3.40. The number of benzene rings is 1. The van der Waals surface area contributed by atoms with Crippen molar-refractivity contribution in [2.24, 2.45) is 11.8 Å². The number of urea groups is 1. The van der Waals surface area contributed by atoms with Crippen LogP contribution in [0.3, 0.4) is 0 Å². The third kappa shape index (κ3) is 4.07. The van der Waals surface area contributed by atoms with E-state index in [1.165, 1.54) is 0 Å². The van der Waals surface area contributed by atoms with E-state index in [2.05, 4.69) is 24.5 Å². The minimum atomic E-state index is -0.193. The van der Waals surface area contributed by atoms with E-state index in [1.54, 1.807) is 7.11 Å². The highest BCUT2D eigenvalue weighted by Gasteiger charge is 2.30. The first-order valence-corrected chi connectivity index (χ1v) is 8.77. The number of ether oxygens (including phenoxy) is 2. The van der Waals surface area contributed by atoms with E-state index in [0.717, 1.165) is 18.4 Å². The summed E-state index contributed by atoms with van der Waals surface area (Å²) in [4.78, 5) is 12.1. The molecule has 1 saturated heterocycles. The Kier molecular flexibility index (Phi) is 5.48. The number of carbonyl (C=O) groups excluding carboxylic acids is 1. The number of amides is 2. The monoisotopic (exact) mass is 346 g/mol. The summed E-state index contributed by atoms with van der Waals surface area (Å²) in [5.41, 5.74) is 0.699. The SMILES string of the molecule is COc1cccc2cc(CNC(=O)NC[C@@H]3CCO[C@H]3C(C)C)oc12. The number of hydrogen-bond acceptors (Lipinski definition) is 4. The Morgan fingerprint density at radius 3 is 2.96 bits per heavy atom. The highest BCUT2D eigenvalue weighted by atomic mass is 16.5. The van der Waals surface area contributed by atoms with Crippen molar-refractivity contribution in [1.29, 1.82) is 0 Å². The van der Waals surface area contributed by atoms with Crippen LogP contribution in [0.1, 0.15) is 26.0 Å². The smallest absolute Gasteiger partial charge is 0.315 e. The molecule has 2 amide bonds. The molecule has 2 heterocycles. The Morgan fingerprint density at radius 2 is 2.20 bits per heavy atom. The van der Waals surface area contributed by atoms with Crippen LogP contribution in [0.5, 0.6) is 5.75 Å². The van der Waals surface area contributed by atoms with Gasteiger partial charge in [0.05, 0.1) is 19.8 Å². The summed E-state index contributed by atoms with van der Waals surface area (Å²) in [6.45, 7) is 6.04. The van der Waals surface area contributed by atoms with Crippen molar-refractivity contribution in [3.8, 4) is 5.75 Å². The zero-order valence-corrected chi connectivity index (χ0v) is 15.0. The molecule has 2 atom stereocenters. The minimum Gasteiger partial charge on any atom is -0.493 e. The molecule has 0 radical (unpaired) electrons. The molecule has 0 bridgehead atoms. The van der Waals surface area contributed by atoms with Gasteiger partial charge < -0.3 is 24.5 Å². The summed E-state index contributed by atoms with van der Waals surface area (Å²) in [5.74, 6) is 2.22. The van der Waals surface area contributed by atoms with Crippen LogP contribution in [0, 0.1) is 11.8 Å². The average molecular weight is 346 g/mol. The Labute approximate surface area is 147 Å². The quantitative estimate of drug-likeness (QED) is 0.842. The van der Waals surface area contributed by atoms with E-state index in [9.17, 15) is 4.79 Å². The van der Waals surface area contributed by atoms with Crippen molar-refractivity contribution in [2.45, 2.75) is 32.9 Å². The molecular weight excluding hydrogens is 320 g/mol. The molecule has 2 aromatic rings. The van der Waals surface area contributed by atoms with Crippen LogP contribution in [0.25, 0.3) is 11.0 Å². The topological polar surface area (TPSA) is 72.7 Å². The molecule has 136 valence electrons. The zero-order chi connectivity index (χ0) is 17.8. The first-order chi connectivity index (χ1) is 12.1. The highest BCUT2D eigenvalue weighted by molar-refractivity contribution is 5.83. The molecule has 6 heteroatoms. The molecule has 1 aromatic carbocycles. The lowest BCUT2D eigenvalue weighted by atomic mass is 9.93. The summed E-state index contributed by atoms with van der Waals surface area (Å²) in [6, 6.07) is 7.44. The van der Waals surface area contributed by atoms with Gasteiger partial charge in [-0.15, -0.1) is 0 Å². The number of furan rings is 1. The molecule has 25 heavy (non-hydrogen) atoms. The largest absolute Gasteiger partial charge is 0.493 e. The fraction of sp³-hybridized carbons (Fsp3) is 0.526. The van der Waals surface area contributed by atoms with Crippen molar-refractivity contribution in [3.05, 3.63) is 30.0 Å². The van der Waals surface area contributed by atoms with Gasteiger partial charge in [0.15, 0.2) is 11.3 Å². The van der Waals surface area contributed by atoms with Gasteiger partial charge in [-0.05, 0) is 24.5 Å². The Bertz CT molecular complexity index is 725. The van der Waals surface area contributed by atoms with Gasteiger partial charge in [0.2, 0.25) is 0 Å². The molecule has 6 nitrogen and oxygen atoms in total. The summed E-state index contributed by atoms with van der Waals surface area (Å²) in [6.07, 6.45) is 1.22. The second kappa shape index (κ2) is 7.78. The van der Waals surface area contributed by atoms with Gasteiger partial charge in [-0.25, -0.2) is 4.79 Å². The number of hydrogen-bond donors (Lipinski definition) is 2. The number of para-hydroxylation sites is 1. The summed E-state index contributed by atoms with van der Waals surface area (Å²) in [5, 5.41) is 6.74. The first kappa shape index (κ1) is 17.6. The van der Waals surface area contributed by atoms with Gasteiger partial charge in [-0.3, -0.25) is 0 Å². The van der Waals surface area contributed by atoms with Crippen molar-refractivity contribution in [3.63, 3.8) is 0 Å². The van der Waals surface area contributed by atoms with Crippen LogP contribution in [0.4, 0.5) is 4.79 Å². The van der Waals surface area contributed by atoms with Crippen LogP contribution in [0.15, 0.2) is 28.7 Å². The zero-order valence-electron chi connectivity index (χ0n) is 15.0. The van der Waals surface area contributed by atoms with Crippen molar-refractivity contribution < 1.29 is 18.7 Å². The Balaban J connectivity index is 1.51. The van der Waals surface area contributed by atoms with Gasteiger partial charge >= 0.3 is 6.03 Å². The standard InChI is InChI=1S/C19H26N2O4/c1-12(2)17-14(7-8-24-17)10-20-19(22)21-11-15-9-13-5-4-6-16(23-3)18(13)25-15/h4-6,9,12,14,17H,7-8,10-11H2,1-3H3,(H2,20,21,22)/t14-,17-/m0/s1. The van der Waals surface area contributed by atoms with Crippen molar-refractivity contribution in [2.75, 3.05) is 20.3 Å². The Morgan fingerprint density at radius 1 is 1.36 bits per heavy atom. The van der Waals surface area contributed by atoms with Crippen LogP contribution < -0.4 is 15.4 Å². The summed E-state index contributed by atoms with van der Waals surface area (Å²) < 4.78 is 16.8. The molecule has 0 spiro atoms. The fourth-order valence-electron chi connectivity index (χ4n) is 3.40. The molecule has 0 aliphatic carbocycles. The molecule has 1 aromatic heterocycles. The maximum atomic E-state index is 12.1. The molecule has 1 aliphatic rings. The van der Waals surface area contributed by atoms with E-state index in [4.69, 9.17) is 13.9 Å². The lowest BCUT2D eigenvalue weighted by molar-refractivity contribution is 0.0545. The number of rotatable bonds is 6. The molecule has 3 rings (SSSR count). The average Bonchev–Trinajstić information content (AvgIpc) is 3.23. The van der Waals surface area contributed by atoms with Gasteiger partial charge in [0, 0.05) is 24.5 Å². The molecule has 0 saturated carbocycles. The lowest BCUT2D eigenvalue weighted by Gasteiger charge is -2.22. The summed E-state index contributed by atoms with van der Waals surface area (Å²) in [7, 11) is 1.61. The molecule has 2 N–H and O–H groups in total. The Hall–Kier alpha value is -2.21. The maximum Gasteiger partial charge on any atom is 0.315 e. The van der Waals surface area contributed by atoms with Gasteiger partial charge in [0.25, 0.3) is 0 Å².